The Balaban J connectivity index is 3.36. The molecule has 0 amide bonds. The summed E-state index contributed by atoms with van der Waals surface area (Å²) in [6, 6.07) is 1.98. The van der Waals surface area contributed by atoms with Gasteiger partial charge in [0, 0.05) is 5.56 Å². The van der Waals surface area contributed by atoms with Gasteiger partial charge in [0.1, 0.15) is 0 Å². The SMILES string of the molecule is C#CC(=O)c1ccc(F)c(F)c1Br. The number of benzene rings is 1. The van der Waals surface area contributed by atoms with Crippen LogP contribution >= 0.6 is 15.9 Å². The minimum atomic E-state index is -1.11. The van der Waals surface area contributed by atoms with Crippen molar-refractivity contribution in [1.82, 2.24) is 0 Å². The molecule has 1 aromatic carbocycles. The molecule has 0 radical (unpaired) electrons. The molecule has 1 nitrogen and oxygen atoms in total. The van der Waals surface area contributed by atoms with Crippen LogP contribution in [0.2, 0.25) is 0 Å². The number of carbonyl (C=O) groups is 1. The van der Waals surface area contributed by atoms with Crippen molar-refractivity contribution in [2.45, 2.75) is 0 Å². The van der Waals surface area contributed by atoms with Crippen LogP contribution in [-0.2, 0) is 0 Å². The largest absolute Gasteiger partial charge is 0.279 e. The topological polar surface area (TPSA) is 17.1 Å². The molecule has 66 valence electrons. The van der Waals surface area contributed by atoms with E-state index in [9.17, 15) is 13.6 Å². The zero-order chi connectivity index (χ0) is 10.0. The molecule has 0 unspecified atom stereocenters. The van der Waals surface area contributed by atoms with E-state index in [1.165, 1.54) is 0 Å². The van der Waals surface area contributed by atoms with Crippen molar-refractivity contribution in [1.29, 1.82) is 0 Å². The predicted octanol–water partition coefficient (Wildman–Crippen LogP) is 2.54. The van der Waals surface area contributed by atoms with Crippen LogP contribution < -0.4 is 0 Å². The lowest BCUT2D eigenvalue weighted by Crippen LogP contribution is -1.99. The molecule has 13 heavy (non-hydrogen) atoms. The number of hydrogen-bond acceptors (Lipinski definition) is 1. The van der Waals surface area contributed by atoms with E-state index in [1.807, 2.05) is 5.92 Å². The third-order valence-corrected chi connectivity index (χ3v) is 2.19. The zero-order valence-electron chi connectivity index (χ0n) is 6.27. The first-order valence-electron chi connectivity index (χ1n) is 3.22. The van der Waals surface area contributed by atoms with Gasteiger partial charge in [-0.2, -0.15) is 0 Å². The van der Waals surface area contributed by atoms with Crippen LogP contribution in [0.15, 0.2) is 16.6 Å². The average Bonchev–Trinajstić information content (AvgIpc) is 2.13. The van der Waals surface area contributed by atoms with E-state index in [-0.39, 0.29) is 10.0 Å². The van der Waals surface area contributed by atoms with Crippen LogP contribution in [0.5, 0.6) is 0 Å². The minimum absolute atomic E-state index is 0.0543. The summed E-state index contributed by atoms with van der Waals surface area (Å²) in [5, 5.41) is 0. The van der Waals surface area contributed by atoms with Crippen LogP contribution in [-0.4, -0.2) is 5.78 Å². The minimum Gasteiger partial charge on any atom is -0.279 e. The van der Waals surface area contributed by atoms with Gasteiger partial charge in [0.05, 0.1) is 4.47 Å². The Morgan fingerprint density at radius 2 is 2.08 bits per heavy atom. The Kier molecular flexibility index (Phi) is 2.79. The fourth-order valence-corrected chi connectivity index (χ4v) is 1.28. The van der Waals surface area contributed by atoms with Crippen LogP contribution in [0.1, 0.15) is 10.4 Å². The van der Waals surface area contributed by atoms with E-state index in [0.29, 0.717) is 0 Å². The Morgan fingerprint density at radius 3 is 2.62 bits per heavy atom. The molecule has 0 heterocycles. The molecule has 0 aliphatic rings. The highest BCUT2D eigenvalue weighted by Crippen LogP contribution is 2.23. The number of hydrogen-bond donors (Lipinski definition) is 0. The molecule has 0 fully saturated rings. The van der Waals surface area contributed by atoms with Gasteiger partial charge < -0.3 is 0 Å². The van der Waals surface area contributed by atoms with Gasteiger partial charge in [0.25, 0.3) is 0 Å². The number of terminal acetylenes is 1. The molecule has 0 atom stereocenters. The highest BCUT2D eigenvalue weighted by molar-refractivity contribution is 9.10. The average molecular weight is 245 g/mol. The number of carbonyl (C=O) groups excluding carboxylic acids is 1. The molecule has 0 aromatic heterocycles. The quantitative estimate of drug-likeness (QED) is 0.321. The van der Waals surface area contributed by atoms with Crippen molar-refractivity contribution in [3.63, 3.8) is 0 Å². The highest BCUT2D eigenvalue weighted by atomic mass is 79.9. The lowest BCUT2D eigenvalue weighted by atomic mass is 10.1. The standard InChI is InChI=1S/C9H3BrF2O/c1-2-7(13)5-3-4-6(11)9(12)8(5)10/h1,3-4H. The second-order valence-electron chi connectivity index (χ2n) is 2.20. The maximum absolute atomic E-state index is 12.8. The molecule has 0 aliphatic heterocycles. The van der Waals surface area contributed by atoms with Gasteiger partial charge in [0.15, 0.2) is 11.6 Å². The number of Topliss-reactive ketones (excluding diaryl/α,β-unsaturated/α-hetero) is 1. The van der Waals surface area contributed by atoms with Crippen LogP contribution in [0.4, 0.5) is 8.78 Å². The summed E-state index contributed by atoms with van der Waals surface area (Å²) in [4.78, 5) is 10.9. The Labute approximate surface area is 81.9 Å². The zero-order valence-corrected chi connectivity index (χ0v) is 7.86. The van der Waals surface area contributed by atoms with Gasteiger partial charge in [-0.15, -0.1) is 6.42 Å². The summed E-state index contributed by atoms with van der Waals surface area (Å²) >= 11 is 2.74. The first-order valence-corrected chi connectivity index (χ1v) is 4.01. The summed E-state index contributed by atoms with van der Waals surface area (Å²) in [5.41, 5.74) is -0.0543. The molecule has 0 spiro atoms. The van der Waals surface area contributed by atoms with Gasteiger partial charge in [-0.1, -0.05) is 0 Å². The van der Waals surface area contributed by atoms with Crippen molar-refractivity contribution >= 4 is 21.7 Å². The van der Waals surface area contributed by atoms with E-state index in [0.717, 1.165) is 12.1 Å². The smallest absolute Gasteiger partial charge is 0.236 e. The van der Waals surface area contributed by atoms with E-state index >= 15 is 0 Å². The monoisotopic (exact) mass is 244 g/mol. The number of ketones is 1. The van der Waals surface area contributed by atoms with Crippen molar-refractivity contribution in [2.75, 3.05) is 0 Å². The second-order valence-corrected chi connectivity index (χ2v) is 2.99. The van der Waals surface area contributed by atoms with Crippen molar-refractivity contribution < 1.29 is 13.6 Å². The normalized spacial score (nSPS) is 9.38. The third kappa shape index (κ3) is 1.76. The first kappa shape index (κ1) is 9.87. The lowest BCUT2D eigenvalue weighted by molar-refractivity contribution is 0.105. The van der Waals surface area contributed by atoms with Crippen LogP contribution in [0.3, 0.4) is 0 Å². The highest BCUT2D eigenvalue weighted by Gasteiger charge is 2.14. The van der Waals surface area contributed by atoms with Gasteiger partial charge in [-0.05, 0) is 34.0 Å². The molecule has 0 N–H and O–H groups in total. The molecule has 0 bridgehead atoms. The van der Waals surface area contributed by atoms with E-state index in [2.05, 4.69) is 15.9 Å². The van der Waals surface area contributed by atoms with Gasteiger partial charge in [0.2, 0.25) is 5.78 Å². The molecule has 1 aromatic rings. The number of halogens is 3. The molecule has 0 saturated carbocycles. The van der Waals surface area contributed by atoms with Crippen molar-refractivity contribution in [2.24, 2.45) is 0 Å². The maximum Gasteiger partial charge on any atom is 0.236 e. The summed E-state index contributed by atoms with van der Waals surface area (Å²) in [6.45, 7) is 0. The van der Waals surface area contributed by atoms with Crippen LogP contribution in [0, 0.1) is 24.0 Å². The fourth-order valence-electron chi connectivity index (χ4n) is 0.779. The van der Waals surface area contributed by atoms with E-state index in [1.54, 1.807) is 0 Å². The molecule has 4 heteroatoms. The van der Waals surface area contributed by atoms with E-state index in [4.69, 9.17) is 6.42 Å². The van der Waals surface area contributed by atoms with Crippen molar-refractivity contribution in [3.8, 4) is 12.3 Å². The Hall–Kier alpha value is -1.21. The Morgan fingerprint density at radius 1 is 1.46 bits per heavy atom. The lowest BCUT2D eigenvalue weighted by Gasteiger charge is -2.00. The molecule has 0 saturated heterocycles. The fraction of sp³-hybridized carbons (Fsp3) is 0. The molecular weight excluding hydrogens is 242 g/mol. The molecule has 1 rings (SSSR count). The van der Waals surface area contributed by atoms with E-state index < -0.39 is 17.4 Å². The first-order chi connectivity index (χ1) is 6.07. The Bertz CT molecular complexity index is 407. The molecule has 0 aliphatic carbocycles. The van der Waals surface area contributed by atoms with Gasteiger partial charge in [-0.25, -0.2) is 8.78 Å². The third-order valence-electron chi connectivity index (χ3n) is 1.41. The summed E-state index contributed by atoms with van der Waals surface area (Å²) in [5.74, 6) is -1.02. The van der Waals surface area contributed by atoms with Crippen LogP contribution in [0.25, 0.3) is 0 Å². The summed E-state index contributed by atoms with van der Waals surface area (Å²) < 4.78 is 25.2. The van der Waals surface area contributed by atoms with Gasteiger partial charge in [-0.3, -0.25) is 4.79 Å². The summed E-state index contributed by atoms with van der Waals surface area (Å²) in [6.07, 6.45) is 4.82. The second kappa shape index (κ2) is 3.67. The van der Waals surface area contributed by atoms with Crippen molar-refractivity contribution in [3.05, 3.63) is 33.8 Å². The predicted molar refractivity (Wildman–Crippen MR) is 47.2 cm³/mol. The molecular formula is C9H3BrF2O. The summed E-state index contributed by atoms with van der Waals surface area (Å²) in [7, 11) is 0. The number of rotatable bonds is 1. The maximum atomic E-state index is 12.8. The van der Waals surface area contributed by atoms with Gasteiger partial charge >= 0.3 is 0 Å².